The van der Waals surface area contributed by atoms with Gasteiger partial charge in [-0.3, -0.25) is 0 Å². The third-order valence-electron chi connectivity index (χ3n) is 3.25. The highest BCUT2D eigenvalue weighted by Gasteiger charge is 2.22. The van der Waals surface area contributed by atoms with Gasteiger partial charge in [0.1, 0.15) is 11.4 Å². The van der Waals surface area contributed by atoms with Gasteiger partial charge in [0.25, 0.3) is 0 Å². The SMILES string of the molecule is CC(N)c1ccc(OC(C)(C)c2ccccc2)cc1. The van der Waals surface area contributed by atoms with Gasteiger partial charge in [-0.2, -0.15) is 0 Å². The first-order valence-electron chi connectivity index (χ1n) is 6.59. The second-order valence-corrected chi connectivity index (χ2v) is 5.34. The minimum Gasteiger partial charge on any atom is -0.483 e. The van der Waals surface area contributed by atoms with E-state index in [1.54, 1.807) is 0 Å². The molecule has 0 aromatic heterocycles. The second kappa shape index (κ2) is 5.45. The second-order valence-electron chi connectivity index (χ2n) is 5.34. The Morgan fingerprint density at radius 1 is 0.947 bits per heavy atom. The van der Waals surface area contributed by atoms with E-state index in [-0.39, 0.29) is 11.6 Å². The Hall–Kier alpha value is -1.80. The smallest absolute Gasteiger partial charge is 0.128 e. The van der Waals surface area contributed by atoms with Crippen molar-refractivity contribution in [3.05, 3.63) is 65.7 Å². The fourth-order valence-electron chi connectivity index (χ4n) is 2.03. The molecule has 2 N–H and O–H groups in total. The van der Waals surface area contributed by atoms with Crippen LogP contribution in [0.3, 0.4) is 0 Å². The normalized spacial score (nSPS) is 13.1. The summed E-state index contributed by atoms with van der Waals surface area (Å²) in [7, 11) is 0. The number of nitrogens with two attached hydrogens (primary N) is 1. The monoisotopic (exact) mass is 255 g/mol. The van der Waals surface area contributed by atoms with E-state index in [0.29, 0.717) is 0 Å². The van der Waals surface area contributed by atoms with Gasteiger partial charge in [-0.25, -0.2) is 0 Å². The maximum absolute atomic E-state index is 6.08. The van der Waals surface area contributed by atoms with Gasteiger partial charge in [-0.1, -0.05) is 42.5 Å². The van der Waals surface area contributed by atoms with Gasteiger partial charge in [0, 0.05) is 6.04 Å². The highest BCUT2D eigenvalue weighted by Crippen LogP contribution is 2.28. The van der Waals surface area contributed by atoms with Gasteiger partial charge in [0.05, 0.1) is 0 Å². The molecule has 100 valence electrons. The van der Waals surface area contributed by atoms with E-state index >= 15 is 0 Å². The van der Waals surface area contributed by atoms with Crippen LogP contribution in [0.4, 0.5) is 0 Å². The molecule has 0 aliphatic carbocycles. The van der Waals surface area contributed by atoms with E-state index in [1.807, 2.05) is 49.4 Å². The molecule has 1 atom stereocenters. The van der Waals surface area contributed by atoms with Crippen molar-refractivity contribution in [1.82, 2.24) is 0 Å². The minimum atomic E-state index is -0.350. The molecule has 0 heterocycles. The van der Waals surface area contributed by atoms with Crippen molar-refractivity contribution in [1.29, 1.82) is 0 Å². The summed E-state index contributed by atoms with van der Waals surface area (Å²) >= 11 is 0. The van der Waals surface area contributed by atoms with Crippen molar-refractivity contribution in [2.45, 2.75) is 32.4 Å². The van der Waals surface area contributed by atoms with Gasteiger partial charge >= 0.3 is 0 Å². The minimum absolute atomic E-state index is 0.0520. The molecule has 0 amide bonds. The van der Waals surface area contributed by atoms with Gasteiger partial charge in [-0.05, 0) is 44.0 Å². The molecule has 0 radical (unpaired) electrons. The summed E-state index contributed by atoms with van der Waals surface area (Å²) in [4.78, 5) is 0. The van der Waals surface area contributed by atoms with Crippen LogP contribution in [0.15, 0.2) is 54.6 Å². The molecular formula is C17H21NO. The Morgan fingerprint density at radius 2 is 1.53 bits per heavy atom. The first-order chi connectivity index (χ1) is 8.99. The van der Waals surface area contributed by atoms with Crippen molar-refractivity contribution >= 4 is 0 Å². The lowest BCUT2D eigenvalue weighted by atomic mass is 9.98. The Kier molecular flexibility index (Phi) is 3.91. The average molecular weight is 255 g/mol. The highest BCUT2D eigenvalue weighted by atomic mass is 16.5. The fraction of sp³-hybridized carbons (Fsp3) is 0.294. The lowest BCUT2D eigenvalue weighted by molar-refractivity contribution is 0.109. The van der Waals surface area contributed by atoms with E-state index < -0.39 is 0 Å². The topological polar surface area (TPSA) is 35.2 Å². The van der Waals surface area contributed by atoms with Crippen molar-refractivity contribution in [3.8, 4) is 5.75 Å². The molecule has 2 aromatic rings. The third kappa shape index (κ3) is 3.36. The summed E-state index contributed by atoms with van der Waals surface area (Å²) in [6.45, 7) is 6.12. The number of hydrogen-bond donors (Lipinski definition) is 1. The molecule has 2 rings (SSSR count). The van der Waals surface area contributed by atoms with Crippen LogP contribution in [0.25, 0.3) is 0 Å². The van der Waals surface area contributed by atoms with Crippen LogP contribution in [-0.2, 0) is 5.60 Å². The molecule has 0 aliphatic heterocycles. The average Bonchev–Trinajstić information content (AvgIpc) is 2.40. The summed E-state index contributed by atoms with van der Waals surface area (Å²) in [6.07, 6.45) is 0. The van der Waals surface area contributed by atoms with E-state index in [4.69, 9.17) is 10.5 Å². The fourth-order valence-corrected chi connectivity index (χ4v) is 2.03. The first kappa shape index (κ1) is 13.6. The van der Waals surface area contributed by atoms with Gasteiger partial charge in [-0.15, -0.1) is 0 Å². The summed E-state index contributed by atoms with van der Waals surface area (Å²) in [5.74, 6) is 0.859. The van der Waals surface area contributed by atoms with Gasteiger partial charge in [0.2, 0.25) is 0 Å². The van der Waals surface area contributed by atoms with Gasteiger partial charge < -0.3 is 10.5 Å². The summed E-state index contributed by atoms with van der Waals surface area (Å²) in [5, 5.41) is 0. The van der Waals surface area contributed by atoms with Crippen molar-refractivity contribution in [2.75, 3.05) is 0 Å². The van der Waals surface area contributed by atoms with Crippen LogP contribution in [-0.4, -0.2) is 0 Å². The zero-order chi connectivity index (χ0) is 13.9. The standard InChI is InChI=1S/C17H21NO/c1-13(18)14-9-11-16(12-10-14)19-17(2,3)15-7-5-4-6-8-15/h4-13H,18H2,1-3H3. The molecule has 0 fully saturated rings. The number of rotatable bonds is 4. The molecule has 2 nitrogen and oxygen atoms in total. The van der Waals surface area contributed by atoms with Crippen LogP contribution in [0, 0.1) is 0 Å². The Bertz CT molecular complexity index is 515. The first-order valence-corrected chi connectivity index (χ1v) is 6.59. The molecule has 0 spiro atoms. The molecule has 0 saturated carbocycles. The summed E-state index contributed by atoms with van der Waals surface area (Å²) in [6, 6.07) is 18.3. The molecular weight excluding hydrogens is 234 g/mol. The van der Waals surface area contributed by atoms with Crippen LogP contribution < -0.4 is 10.5 Å². The Morgan fingerprint density at radius 3 is 2.05 bits per heavy atom. The molecule has 0 saturated heterocycles. The van der Waals surface area contributed by atoms with E-state index in [0.717, 1.165) is 16.9 Å². The maximum atomic E-state index is 6.08. The summed E-state index contributed by atoms with van der Waals surface area (Å²) < 4.78 is 6.08. The van der Waals surface area contributed by atoms with Crippen molar-refractivity contribution < 1.29 is 4.74 Å². The predicted octanol–water partition coefficient (Wildman–Crippen LogP) is 4.02. The van der Waals surface area contributed by atoms with E-state index in [1.165, 1.54) is 0 Å². The Balaban J connectivity index is 2.16. The van der Waals surface area contributed by atoms with Crippen molar-refractivity contribution in [2.24, 2.45) is 5.73 Å². The largest absolute Gasteiger partial charge is 0.483 e. The maximum Gasteiger partial charge on any atom is 0.128 e. The number of hydrogen-bond acceptors (Lipinski definition) is 2. The zero-order valence-electron chi connectivity index (χ0n) is 11.8. The lowest BCUT2D eigenvalue weighted by Crippen LogP contribution is -2.25. The molecule has 1 unspecified atom stereocenters. The summed E-state index contributed by atoms with van der Waals surface area (Å²) in [5.41, 5.74) is 7.77. The number of ether oxygens (including phenoxy) is 1. The predicted molar refractivity (Wildman–Crippen MR) is 79.1 cm³/mol. The molecule has 2 aromatic carbocycles. The van der Waals surface area contributed by atoms with Crippen LogP contribution in [0.2, 0.25) is 0 Å². The molecule has 2 heteroatoms. The molecule has 0 bridgehead atoms. The van der Waals surface area contributed by atoms with E-state index in [9.17, 15) is 0 Å². The molecule has 0 aliphatic rings. The zero-order valence-corrected chi connectivity index (χ0v) is 11.8. The molecule has 19 heavy (non-hydrogen) atoms. The number of benzene rings is 2. The Labute approximate surface area is 115 Å². The van der Waals surface area contributed by atoms with Crippen LogP contribution in [0.1, 0.15) is 37.9 Å². The highest BCUT2D eigenvalue weighted by molar-refractivity contribution is 5.31. The lowest BCUT2D eigenvalue weighted by Gasteiger charge is -2.27. The van der Waals surface area contributed by atoms with Crippen molar-refractivity contribution in [3.63, 3.8) is 0 Å². The van der Waals surface area contributed by atoms with E-state index in [2.05, 4.69) is 26.0 Å². The van der Waals surface area contributed by atoms with Crippen LogP contribution in [0.5, 0.6) is 5.75 Å². The third-order valence-corrected chi connectivity index (χ3v) is 3.25. The van der Waals surface area contributed by atoms with Gasteiger partial charge in [0.15, 0.2) is 0 Å². The van der Waals surface area contributed by atoms with Crippen LogP contribution >= 0.6 is 0 Å². The quantitative estimate of drug-likeness (QED) is 0.895.